The Bertz CT molecular complexity index is 604. The van der Waals surface area contributed by atoms with Gasteiger partial charge in [-0.05, 0) is 24.1 Å². The maximum atomic E-state index is 5.94. The maximum absolute atomic E-state index is 5.94. The molecule has 2 rings (SSSR count). The van der Waals surface area contributed by atoms with Crippen LogP contribution in [0.3, 0.4) is 0 Å². The summed E-state index contributed by atoms with van der Waals surface area (Å²) in [6.07, 6.45) is 2.50. The average Bonchev–Trinajstić information content (AvgIpc) is 2.54. The van der Waals surface area contributed by atoms with Gasteiger partial charge in [-0.2, -0.15) is 0 Å². The largest absolute Gasteiger partial charge is 0.475 e. The molecular weight excluding hydrogens is 300 g/mol. The number of nitrogens with zero attached hydrogens (tertiary/aromatic N) is 2. The molecular formula is C16H19ClN4O. The molecule has 0 spiro atoms. The molecule has 0 saturated heterocycles. The molecule has 0 unspecified atom stereocenters. The number of hydrogen-bond acceptors (Lipinski definition) is 3. The van der Waals surface area contributed by atoms with Crippen molar-refractivity contribution in [3.8, 4) is 5.88 Å². The zero-order valence-corrected chi connectivity index (χ0v) is 13.0. The van der Waals surface area contributed by atoms with Gasteiger partial charge in [0, 0.05) is 12.7 Å². The van der Waals surface area contributed by atoms with Crippen molar-refractivity contribution in [3.05, 3.63) is 59.2 Å². The van der Waals surface area contributed by atoms with Crippen molar-refractivity contribution in [3.63, 3.8) is 0 Å². The second kappa shape index (κ2) is 8.89. The second-order valence-electron chi connectivity index (χ2n) is 4.57. The van der Waals surface area contributed by atoms with Crippen LogP contribution < -0.4 is 15.8 Å². The molecule has 0 bridgehead atoms. The number of aliphatic imine (C=N–C) groups is 1. The zero-order valence-electron chi connectivity index (χ0n) is 12.2. The van der Waals surface area contributed by atoms with E-state index in [4.69, 9.17) is 22.1 Å². The van der Waals surface area contributed by atoms with E-state index in [0.29, 0.717) is 36.6 Å². The number of nitrogens with two attached hydrogens (primary N) is 1. The van der Waals surface area contributed by atoms with E-state index >= 15 is 0 Å². The van der Waals surface area contributed by atoms with Gasteiger partial charge in [0.05, 0.1) is 6.54 Å². The normalized spacial score (nSPS) is 11.2. The van der Waals surface area contributed by atoms with Gasteiger partial charge in [0.15, 0.2) is 5.96 Å². The number of benzene rings is 1. The highest BCUT2D eigenvalue weighted by molar-refractivity contribution is 6.31. The van der Waals surface area contributed by atoms with Crippen molar-refractivity contribution >= 4 is 17.6 Å². The minimum Gasteiger partial charge on any atom is -0.475 e. The van der Waals surface area contributed by atoms with Crippen LogP contribution in [0.15, 0.2) is 53.7 Å². The van der Waals surface area contributed by atoms with Crippen LogP contribution in [0.25, 0.3) is 0 Å². The van der Waals surface area contributed by atoms with Gasteiger partial charge in [0.1, 0.15) is 11.6 Å². The molecule has 0 saturated carbocycles. The summed E-state index contributed by atoms with van der Waals surface area (Å²) in [6, 6.07) is 13.7. The molecule has 0 fully saturated rings. The summed E-state index contributed by atoms with van der Waals surface area (Å²) in [7, 11) is 0. The Hall–Kier alpha value is -2.27. The predicted octanol–water partition coefficient (Wildman–Crippen LogP) is 2.26. The van der Waals surface area contributed by atoms with E-state index in [1.165, 1.54) is 5.56 Å². The van der Waals surface area contributed by atoms with Crippen LogP contribution in [0, 0.1) is 0 Å². The molecule has 0 aliphatic heterocycles. The van der Waals surface area contributed by atoms with Crippen molar-refractivity contribution in [1.29, 1.82) is 0 Å². The van der Waals surface area contributed by atoms with Crippen LogP contribution in [0.4, 0.5) is 0 Å². The lowest BCUT2D eigenvalue weighted by Gasteiger charge is -2.08. The molecule has 3 N–H and O–H groups in total. The molecule has 6 heteroatoms. The number of aromatic nitrogens is 1. The van der Waals surface area contributed by atoms with Gasteiger partial charge in [0.25, 0.3) is 0 Å². The maximum Gasteiger partial charge on any atom is 0.232 e. The van der Waals surface area contributed by atoms with Crippen molar-refractivity contribution in [2.75, 3.05) is 19.7 Å². The topological polar surface area (TPSA) is 72.5 Å². The number of halogens is 1. The third-order valence-corrected chi connectivity index (χ3v) is 3.18. The van der Waals surface area contributed by atoms with Crippen molar-refractivity contribution in [2.24, 2.45) is 10.7 Å². The monoisotopic (exact) mass is 318 g/mol. The zero-order chi connectivity index (χ0) is 15.6. The highest BCUT2D eigenvalue weighted by Gasteiger charge is 2.00. The lowest BCUT2D eigenvalue weighted by Crippen LogP contribution is -2.35. The number of nitrogens with one attached hydrogen (secondary N) is 1. The van der Waals surface area contributed by atoms with Crippen LogP contribution >= 0.6 is 11.6 Å². The predicted molar refractivity (Wildman–Crippen MR) is 89.4 cm³/mol. The Morgan fingerprint density at radius 3 is 2.82 bits per heavy atom. The lowest BCUT2D eigenvalue weighted by atomic mass is 10.2. The summed E-state index contributed by atoms with van der Waals surface area (Å²) in [4.78, 5) is 8.30. The van der Waals surface area contributed by atoms with E-state index in [2.05, 4.69) is 27.4 Å². The van der Waals surface area contributed by atoms with Gasteiger partial charge in [-0.1, -0.05) is 41.9 Å². The minimum absolute atomic E-state index is 0.408. The first-order valence-electron chi connectivity index (χ1n) is 7.07. The second-order valence-corrected chi connectivity index (χ2v) is 4.98. The first-order valence-corrected chi connectivity index (χ1v) is 7.44. The number of hydrogen-bond donors (Lipinski definition) is 2. The van der Waals surface area contributed by atoms with Gasteiger partial charge < -0.3 is 15.8 Å². The molecule has 1 aromatic heterocycles. The SMILES string of the molecule is NC(=NCCc1ccccc1)NCCOc1ncccc1Cl. The summed E-state index contributed by atoms with van der Waals surface area (Å²) in [6.45, 7) is 1.59. The molecule has 0 aliphatic rings. The first kappa shape index (κ1) is 16.1. The first-order chi connectivity index (χ1) is 10.8. The molecule has 5 nitrogen and oxygen atoms in total. The van der Waals surface area contributed by atoms with E-state index in [9.17, 15) is 0 Å². The summed E-state index contributed by atoms with van der Waals surface area (Å²) >= 11 is 5.94. The van der Waals surface area contributed by atoms with Gasteiger partial charge in [0.2, 0.25) is 5.88 Å². The van der Waals surface area contributed by atoms with Gasteiger partial charge in [-0.3, -0.25) is 4.99 Å². The van der Waals surface area contributed by atoms with E-state index in [0.717, 1.165) is 6.42 Å². The number of pyridine rings is 1. The molecule has 0 amide bonds. The Kier molecular flexibility index (Phi) is 6.51. The molecule has 0 radical (unpaired) electrons. The van der Waals surface area contributed by atoms with Gasteiger partial charge >= 0.3 is 0 Å². The summed E-state index contributed by atoms with van der Waals surface area (Å²) in [5.41, 5.74) is 7.03. The van der Waals surface area contributed by atoms with Crippen molar-refractivity contribution < 1.29 is 4.74 Å². The van der Waals surface area contributed by atoms with Crippen LogP contribution in [0.1, 0.15) is 5.56 Å². The van der Waals surface area contributed by atoms with Gasteiger partial charge in [-0.15, -0.1) is 0 Å². The highest BCUT2D eigenvalue weighted by atomic mass is 35.5. The third-order valence-electron chi connectivity index (χ3n) is 2.90. The van der Waals surface area contributed by atoms with Crippen LogP contribution in [0.5, 0.6) is 5.88 Å². The molecule has 2 aromatic rings. The Labute approximate surface area is 135 Å². The van der Waals surface area contributed by atoms with Gasteiger partial charge in [-0.25, -0.2) is 4.98 Å². The fourth-order valence-corrected chi connectivity index (χ4v) is 1.99. The number of guanidine groups is 1. The van der Waals surface area contributed by atoms with Crippen LogP contribution in [0.2, 0.25) is 5.02 Å². The Morgan fingerprint density at radius 2 is 2.05 bits per heavy atom. The number of rotatable bonds is 7. The summed E-state index contributed by atoms with van der Waals surface area (Å²) < 4.78 is 5.44. The number of ether oxygens (including phenoxy) is 1. The smallest absolute Gasteiger partial charge is 0.232 e. The Balaban J connectivity index is 1.64. The molecule has 1 heterocycles. The lowest BCUT2D eigenvalue weighted by molar-refractivity contribution is 0.310. The van der Waals surface area contributed by atoms with Crippen LogP contribution in [-0.4, -0.2) is 30.6 Å². The van der Waals surface area contributed by atoms with Crippen molar-refractivity contribution in [1.82, 2.24) is 10.3 Å². The quantitative estimate of drug-likeness (QED) is 0.466. The average molecular weight is 319 g/mol. The molecule has 1 aromatic carbocycles. The van der Waals surface area contributed by atoms with E-state index in [1.807, 2.05) is 18.2 Å². The molecule has 0 atom stereocenters. The van der Waals surface area contributed by atoms with E-state index in [1.54, 1.807) is 18.3 Å². The van der Waals surface area contributed by atoms with Crippen molar-refractivity contribution in [2.45, 2.75) is 6.42 Å². The fourth-order valence-electron chi connectivity index (χ4n) is 1.81. The summed E-state index contributed by atoms with van der Waals surface area (Å²) in [5.74, 6) is 0.831. The fraction of sp³-hybridized carbons (Fsp3) is 0.250. The molecule has 116 valence electrons. The Morgan fingerprint density at radius 1 is 1.23 bits per heavy atom. The van der Waals surface area contributed by atoms with E-state index < -0.39 is 0 Å². The highest BCUT2D eigenvalue weighted by Crippen LogP contribution is 2.19. The van der Waals surface area contributed by atoms with Crippen LogP contribution in [-0.2, 0) is 6.42 Å². The molecule has 22 heavy (non-hydrogen) atoms. The molecule has 0 aliphatic carbocycles. The third kappa shape index (κ3) is 5.61. The summed E-state index contributed by atoms with van der Waals surface area (Å²) in [5, 5.41) is 3.48. The minimum atomic E-state index is 0.408. The van der Waals surface area contributed by atoms with E-state index in [-0.39, 0.29) is 0 Å². The standard InChI is InChI=1S/C16H19ClN4O/c17-14-7-4-9-19-15(14)22-12-11-21-16(18)20-10-8-13-5-2-1-3-6-13/h1-7,9H,8,10-12H2,(H3,18,20,21).